The van der Waals surface area contributed by atoms with Gasteiger partial charge in [0.2, 0.25) is 0 Å². The van der Waals surface area contributed by atoms with Crippen LogP contribution in [0.15, 0.2) is 24.3 Å². The van der Waals surface area contributed by atoms with Crippen LogP contribution in [0.2, 0.25) is 5.02 Å². The molecule has 1 aromatic rings. The molecule has 0 N–H and O–H groups in total. The third-order valence-corrected chi connectivity index (χ3v) is 3.33. The number of hydrogen-bond acceptors (Lipinski definition) is 1. The van der Waals surface area contributed by atoms with Crippen molar-refractivity contribution in [2.75, 3.05) is 6.61 Å². The zero-order chi connectivity index (χ0) is 12.5. The Morgan fingerprint density at radius 2 is 1.88 bits per heavy atom. The summed E-state index contributed by atoms with van der Waals surface area (Å²) in [6, 6.07) is 7.87. The first-order chi connectivity index (χ1) is 8.26. The summed E-state index contributed by atoms with van der Waals surface area (Å²) in [5, 5.41) is 0.781. The largest absolute Gasteiger partial charge is 0.376 e. The van der Waals surface area contributed by atoms with Crippen LogP contribution in [0.4, 0.5) is 0 Å². The molecule has 0 saturated heterocycles. The summed E-state index contributed by atoms with van der Waals surface area (Å²) in [4.78, 5) is 0. The Morgan fingerprint density at radius 1 is 1.18 bits per heavy atom. The molecular weight excluding hydrogens is 232 g/mol. The molecule has 96 valence electrons. The standard InChI is InChI=1S/C15H23ClO/c1-3-5-6-13(4-2)11-17-12-14-7-9-15(16)10-8-14/h7-10,13H,3-6,11-12H2,1-2H3. The second-order valence-corrected chi connectivity index (χ2v) is 4.99. The molecule has 0 aliphatic heterocycles. The summed E-state index contributed by atoms with van der Waals surface area (Å²) < 4.78 is 5.77. The SMILES string of the molecule is CCCCC(CC)COCc1ccc(Cl)cc1. The van der Waals surface area contributed by atoms with Gasteiger partial charge in [-0.05, 0) is 30.0 Å². The van der Waals surface area contributed by atoms with Crippen LogP contribution in [-0.2, 0) is 11.3 Å². The summed E-state index contributed by atoms with van der Waals surface area (Å²) in [5.41, 5.74) is 1.19. The van der Waals surface area contributed by atoms with Crippen molar-refractivity contribution in [1.29, 1.82) is 0 Å². The van der Waals surface area contributed by atoms with Gasteiger partial charge in [0.15, 0.2) is 0 Å². The van der Waals surface area contributed by atoms with E-state index < -0.39 is 0 Å². The molecule has 0 aliphatic carbocycles. The smallest absolute Gasteiger partial charge is 0.0717 e. The highest BCUT2D eigenvalue weighted by Crippen LogP contribution is 2.15. The van der Waals surface area contributed by atoms with Crippen LogP contribution < -0.4 is 0 Å². The van der Waals surface area contributed by atoms with Gasteiger partial charge in [-0.2, -0.15) is 0 Å². The fourth-order valence-corrected chi connectivity index (χ4v) is 1.95. The highest BCUT2D eigenvalue weighted by Gasteiger charge is 2.05. The van der Waals surface area contributed by atoms with E-state index in [1.54, 1.807) is 0 Å². The third kappa shape index (κ3) is 6.09. The maximum atomic E-state index is 5.83. The zero-order valence-corrected chi connectivity index (χ0v) is 11.7. The zero-order valence-electron chi connectivity index (χ0n) is 10.9. The Balaban J connectivity index is 2.23. The first-order valence-electron chi connectivity index (χ1n) is 6.58. The maximum absolute atomic E-state index is 5.83. The Labute approximate surface area is 110 Å². The summed E-state index contributed by atoms with van der Waals surface area (Å²) in [6.45, 7) is 6.05. The van der Waals surface area contributed by atoms with Crippen LogP contribution in [0.3, 0.4) is 0 Å². The Hall–Kier alpha value is -0.530. The molecule has 0 amide bonds. The van der Waals surface area contributed by atoms with Gasteiger partial charge >= 0.3 is 0 Å². The molecular formula is C15H23ClO. The lowest BCUT2D eigenvalue weighted by atomic mass is 10.0. The molecule has 0 spiro atoms. The molecule has 0 aliphatic rings. The van der Waals surface area contributed by atoms with Gasteiger partial charge in [-0.3, -0.25) is 0 Å². The van der Waals surface area contributed by atoms with Gasteiger partial charge in [0.1, 0.15) is 0 Å². The highest BCUT2D eigenvalue weighted by atomic mass is 35.5. The molecule has 1 rings (SSSR count). The van der Waals surface area contributed by atoms with Crippen molar-refractivity contribution in [3.05, 3.63) is 34.9 Å². The molecule has 2 heteroatoms. The van der Waals surface area contributed by atoms with Gasteiger partial charge in [-0.1, -0.05) is 56.8 Å². The number of benzene rings is 1. The van der Waals surface area contributed by atoms with Gasteiger partial charge in [-0.15, -0.1) is 0 Å². The summed E-state index contributed by atoms with van der Waals surface area (Å²) in [5.74, 6) is 0.710. The van der Waals surface area contributed by atoms with E-state index in [4.69, 9.17) is 16.3 Å². The molecule has 0 bridgehead atoms. The first kappa shape index (κ1) is 14.5. The topological polar surface area (TPSA) is 9.23 Å². The number of hydrogen-bond donors (Lipinski definition) is 0. The predicted molar refractivity (Wildman–Crippen MR) is 74.4 cm³/mol. The average molecular weight is 255 g/mol. The summed E-state index contributed by atoms with van der Waals surface area (Å²) in [6.07, 6.45) is 5.07. The highest BCUT2D eigenvalue weighted by molar-refractivity contribution is 6.30. The lowest BCUT2D eigenvalue weighted by Gasteiger charge is -2.14. The van der Waals surface area contributed by atoms with E-state index in [-0.39, 0.29) is 0 Å². The number of halogens is 1. The molecule has 0 fully saturated rings. The van der Waals surface area contributed by atoms with Crippen molar-refractivity contribution in [3.63, 3.8) is 0 Å². The third-order valence-electron chi connectivity index (χ3n) is 3.08. The minimum atomic E-state index is 0.694. The fourth-order valence-electron chi connectivity index (χ4n) is 1.82. The molecule has 1 aromatic carbocycles. The second-order valence-electron chi connectivity index (χ2n) is 4.56. The molecule has 0 heterocycles. The van der Waals surface area contributed by atoms with Crippen LogP contribution in [0, 0.1) is 5.92 Å². The van der Waals surface area contributed by atoms with Crippen molar-refractivity contribution < 1.29 is 4.74 Å². The normalized spacial score (nSPS) is 12.6. The van der Waals surface area contributed by atoms with E-state index in [1.807, 2.05) is 24.3 Å². The fraction of sp³-hybridized carbons (Fsp3) is 0.600. The molecule has 17 heavy (non-hydrogen) atoms. The van der Waals surface area contributed by atoms with Gasteiger partial charge in [0, 0.05) is 11.6 Å². The van der Waals surface area contributed by atoms with Crippen LogP contribution in [0.1, 0.15) is 45.1 Å². The Morgan fingerprint density at radius 3 is 2.47 bits per heavy atom. The van der Waals surface area contributed by atoms with E-state index in [0.29, 0.717) is 12.5 Å². The van der Waals surface area contributed by atoms with E-state index in [0.717, 1.165) is 11.6 Å². The van der Waals surface area contributed by atoms with Crippen molar-refractivity contribution >= 4 is 11.6 Å². The lowest BCUT2D eigenvalue weighted by molar-refractivity contribution is 0.0820. The van der Waals surface area contributed by atoms with Gasteiger partial charge in [-0.25, -0.2) is 0 Å². The van der Waals surface area contributed by atoms with E-state index in [9.17, 15) is 0 Å². The summed E-state index contributed by atoms with van der Waals surface area (Å²) in [7, 11) is 0. The van der Waals surface area contributed by atoms with Crippen LogP contribution in [0.25, 0.3) is 0 Å². The van der Waals surface area contributed by atoms with Crippen molar-refractivity contribution in [3.8, 4) is 0 Å². The Bertz CT molecular complexity index is 294. The van der Waals surface area contributed by atoms with E-state index in [2.05, 4.69) is 13.8 Å². The minimum Gasteiger partial charge on any atom is -0.376 e. The number of unbranched alkanes of at least 4 members (excludes halogenated alkanes) is 1. The van der Waals surface area contributed by atoms with E-state index in [1.165, 1.54) is 31.2 Å². The van der Waals surface area contributed by atoms with E-state index >= 15 is 0 Å². The van der Waals surface area contributed by atoms with Crippen molar-refractivity contribution in [2.24, 2.45) is 5.92 Å². The number of rotatable bonds is 8. The van der Waals surface area contributed by atoms with Crippen LogP contribution >= 0.6 is 11.6 Å². The molecule has 0 radical (unpaired) electrons. The van der Waals surface area contributed by atoms with Gasteiger partial charge in [0.05, 0.1) is 6.61 Å². The molecule has 0 aromatic heterocycles. The monoisotopic (exact) mass is 254 g/mol. The minimum absolute atomic E-state index is 0.694. The lowest BCUT2D eigenvalue weighted by Crippen LogP contribution is -2.08. The van der Waals surface area contributed by atoms with Gasteiger partial charge < -0.3 is 4.74 Å². The summed E-state index contributed by atoms with van der Waals surface area (Å²) >= 11 is 5.83. The quantitative estimate of drug-likeness (QED) is 0.629. The maximum Gasteiger partial charge on any atom is 0.0717 e. The van der Waals surface area contributed by atoms with Crippen molar-refractivity contribution in [2.45, 2.75) is 46.1 Å². The van der Waals surface area contributed by atoms with Crippen molar-refractivity contribution in [1.82, 2.24) is 0 Å². The average Bonchev–Trinajstić information content (AvgIpc) is 2.36. The van der Waals surface area contributed by atoms with Gasteiger partial charge in [0.25, 0.3) is 0 Å². The molecule has 1 nitrogen and oxygen atoms in total. The number of ether oxygens (including phenoxy) is 1. The first-order valence-corrected chi connectivity index (χ1v) is 6.96. The Kier molecular flexibility index (Phi) is 7.30. The second kappa shape index (κ2) is 8.54. The predicted octanol–water partition coefficient (Wildman–Crippen LogP) is 5.07. The molecule has 1 atom stereocenters. The molecule has 0 saturated carbocycles. The molecule has 1 unspecified atom stereocenters. The van der Waals surface area contributed by atoms with Crippen LogP contribution in [-0.4, -0.2) is 6.61 Å². The van der Waals surface area contributed by atoms with Crippen LogP contribution in [0.5, 0.6) is 0 Å².